The van der Waals surface area contributed by atoms with E-state index >= 15 is 0 Å². The summed E-state index contributed by atoms with van der Waals surface area (Å²) < 4.78 is 10.3. The summed E-state index contributed by atoms with van der Waals surface area (Å²) in [6.45, 7) is 0. The second-order valence-electron chi connectivity index (χ2n) is 4.58. The molecule has 2 rings (SSSR count). The van der Waals surface area contributed by atoms with Crippen molar-refractivity contribution in [2.24, 2.45) is 0 Å². The van der Waals surface area contributed by atoms with Crippen molar-refractivity contribution in [2.75, 3.05) is 14.2 Å². The lowest BCUT2D eigenvalue weighted by Gasteiger charge is -2.12. The van der Waals surface area contributed by atoms with Crippen LogP contribution >= 0.6 is 0 Å². The molecule has 0 fully saturated rings. The van der Waals surface area contributed by atoms with Crippen molar-refractivity contribution < 1.29 is 19.4 Å². The summed E-state index contributed by atoms with van der Waals surface area (Å²) >= 11 is 0. The van der Waals surface area contributed by atoms with Crippen LogP contribution in [0.1, 0.15) is 15.9 Å². The molecule has 0 radical (unpaired) electrons. The molecule has 0 spiro atoms. The molecule has 0 aliphatic heterocycles. The van der Waals surface area contributed by atoms with E-state index in [1.807, 2.05) is 6.07 Å². The normalized spacial score (nSPS) is 9.86. The lowest BCUT2D eigenvalue weighted by Crippen LogP contribution is -2.01. The Morgan fingerprint density at radius 3 is 2.55 bits per heavy atom. The van der Waals surface area contributed by atoms with E-state index in [-0.39, 0.29) is 17.7 Å². The summed E-state index contributed by atoms with van der Waals surface area (Å²) in [4.78, 5) is 11.1. The van der Waals surface area contributed by atoms with Crippen molar-refractivity contribution in [3.8, 4) is 28.7 Å². The number of ether oxygens (including phenoxy) is 2. The zero-order valence-electron chi connectivity index (χ0n) is 12.3. The first kappa shape index (κ1) is 15.4. The van der Waals surface area contributed by atoms with E-state index in [4.69, 9.17) is 19.8 Å². The number of carbonyl (C=O) groups is 1. The molecule has 0 heterocycles. The maximum atomic E-state index is 11.1. The molecule has 5 nitrogen and oxygen atoms in total. The fourth-order valence-electron chi connectivity index (χ4n) is 2.25. The summed E-state index contributed by atoms with van der Waals surface area (Å²) in [5.41, 5.74) is 2.54. The average molecular weight is 297 g/mol. The smallest absolute Gasteiger partial charge is 0.339 e. The van der Waals surface area contributed by atoms with E-state index in [0.717, 1.165) is 16.7 Å². The number of methoxy groups -OCH3 is 2. The number of benzene rings is 2. The Bertz CT molecular complexity index is 747. The third kappa shape index (κ3) is 3.01. The molecule has 2 aromatic rings. The first-order valence-electron chi connectivity index (χ1n) is 6.56. The minimum absolute atomic E-state index is 0.0987. The van der Waals surface area contributed by atoms with Crippen LogP contribution in [-0.2, 0) is 6.42 Å². The van der Waals surface area contributed by atoms with Crippen LogP contribution in [-0.4, -0.2) is 25.3 Å². The molecule has 0 aliphatic rings. The molecule has 0 amide bonds. The predicted molar refractivity (Wildman–Crippen MR) is 81.3 cm³/mol. The Balaban J connectivity index is 2.56. The number of hydrogen-bond acceptors (Lipinski definition) is 4. The third-order valence-corrected chi connectivity index (χ3v) is 3.32. The molecule has 0 saturated carbocycles. The van der Waals surface area contributed by atoms with Gasteiger partial charge in [0.2, 0.25) is 0 Å². The number of carboxylic acids is 1. The molecule has 0 aromatic heterocycles. The van der Waals surface area contributed by atoms with Gasteiger partial charge in [-0.25, -0.2) is 4.79 Å². The fourth-order valence-corrected chi connectivity index (χ4v) is 2.25. The molecule has 2 aromatic carbocycles. The lowest BCUT2D eigenvalue weighted by molar-refractivity contribution is 0.0693. The fraction of sp³-hybridized carbons (Fsp3) is 0.176. The highest BCUT2D eigenvalue weighted by Gasteiger charge is 2.14. The van der Waals surface area contributed by atoms with Crippen molar-refractivity contribution in [2.45, 2.75) is 6.42 Å². The number of carboxylic acid groups (broad SMARTS) is 1. The lowest BCUT2D eigenvalue weighted by atomic mass is 9.96. The highest BCUT2D eigenvalue weighted by Crippen LogP contribution is 2.31. The molecular weight excluding hydrogens is 282 g/mol. The van der Waals surface area contributed by atoms with Gasteiger partial charge in [-0.2, -0.15) is 5.26 Å². The Kier molecular flexibility index (Phi) is 4.64. The largest absolute Gasteiger partial charge is 0.497 e. The summed E-state index contributed by atoms with van der Waals surface area (Å²) in [5, 5.41) is 18.1. The summed E-state index contributed by atoms with van der Waals surface area (Å²) in [5.74, 6) is -0.0952. The van der Waals surface area contributed by atoms with Gasteiger partial charge in [-0.15, -0.1) is 0 Å². The Labute approximate surface area is 128 Å². The first-order chi connectivity index (χ1) is 10.6. The van der Waals surface area contributed by atoms with Gasteiger partial charge in [-0.3, -0.25) is 0 Å². The van der Waals surface area contributed by atoms with Crippen LogP contribution in [0.3, 0.4) is 0 Å². The Morgan fingerprint density at radius 2 is 1.95 bits per heavy atom. The predicted octanol–water partition coefficient (Wildman–Crippen LogP) is 3.14. The van der Waals surface area contributed by atoms with Crippen LogP contribution in [0, 0.1) is 11.3 Å². The Morgan fingerprint density at radius 1 is 1.18 bits per heavy atom. The van der Waals surface area contributed by atoms with Gasteiger partial charge >= 0.3 is 5.97 Å². The molecule has 0 bridgehead atoms. The second-order valence-corrected chi connectivity index (χ2v) is 4.58. The van der Waals surface area contributed by atoms with Crippen LogP contribution in [0.2, 0.25) is 0 Å². The van der Waals surface area contributed by atoms with Gasteiger partial charge in [0.15, 0.2) is 0 Å². The highest BCUT2D eigenvalue weighted by molar-refractivity contribution is 5.92. The van der Waals surface area contributed by atoms with Gasteiger partial charge < -0.3 is 14.6 Å². The minimum Gasteiger partial charge on any atom is -0.497 e. The van der Waals surface area contributed by atoms with Crippen molar-refractivity contribution >= 4 is 5.97 Å². The summed E-state index contributed by atoms with van der Waals surface area (Å²) in [7, 11) is 2.99. The van der Waals surface area contributed by atoms with Crippen LogP contribution in [0.25, 0.3) is 11.1 Å². The van der Waals surface area contributed by atoms with Gasteiger partial charge in [0.1, 0.15) is 17.1 Å². The number of rotatable bonds is 5. The zero-order chi connectivity index (χ0) is 16.1. The molecule has 22 heavy (non-hydrogen) atoms. The maximum absolute atomic E-state index is 11.1. The SMILES string of the molecule is COc1ccc(-c2ccc(C(=O)O)c(OC)c2)c(CC#N)c1. The molecule has 0 saturated heterocycles. The highest BCUT2D eigenvalue weighted by atomic mass is 16.5. The van der Waals surface area contributed by atoms with Crippen molar-refractivity contribution in [3.05, 3.63) is 47.5 Å². The minimum atomic E-state index is -1.05. The van der Waals surface area contributed by atoms with E-state index in [2.05, 4.69) is 6.07 Å². The average Bonchev–Trinajstić information content (AvgIpc) is 2.54. The monoisotopic (exact) mass is 297 g/mol. The van der Waals surface area contributed by atoms with E-state index in [0.29, 0.717) is 5.75 Å². The quantitative estimate of drug-likeness (QED) is 0.917. The second kappa shape index (κ2) is 6.64. The molecule has 5 heteroatoms. The standard InChI is InChI=1S/C17H15NO4/c1-21-13-4-6-14(12(9-13)7-8-18)11-3-5-15(17(19)20)16(10-11)22-2/h3-6,9-10H,7H2,1-2H3,(H,19,20). The van der Waals surface area contributed by atoms with Gasteiger partial charge in [0, 0.05) is 0 Å². The first-order valence-corrected chi connectivity index (χ1v) is 6.56. The van der Waals surface area contributed by atoms with E-state index in [1.165, 1.54) is 13.2 Å². The number of hydrogen-bond donors (Lipinski definition) is 1. The molecule has 0 unspecified atom stereocenters. The van der Waals surface area contributed by atoms with Gasteiger partial charge in [-0.05, 0) is 41.0 Å². The molecule has 0 atom stereocenters. The van der Waals surface area contributed by atoms with Crippen LogP contribution in [0.15, 0.2) is 36.4 Å². The zero-order valence-corrected chi connectivity index (χ0v) is 12.3. The van der Waals surface area contributed by atoms with Gasteiger partial charge in [0.05, 0.1) is 26.7 Å². The summed E-state index contributed by atoms with van der Waals surface area (Å²) in [6.07, 6.45) is 0.232. The number of aromatic carboxylic acids is 1. The van der Waals surface area contributed by atoms with Crippen molar-refractivity contribution in [3.63, 3.8) is 0 Å². The van der Waals surface area contributed by atoms with Gasteiger partial charge in [-0.1, -0.05) is 12.1 Å². The molecule has 1 N–H and O–H groups in total. The van der Waals surface area contributed by atoms with Crippen LogP contribution in [0.4, 0.5) is 0 Å². The van der Waals surface area contributed by atoms with E-state index in [1.54, 1.807) is 31.4 Å². The van der Waals surface area contributed by atoms with E-state index in [9.17, 15) is 4.79 Å². The number of nitrogens with zero attached hydrogens (tertiary/aromatic N) is 1. The van der Waals surface area contributed by atoms with Gasteiger partial charge in [0.25, 0.3) is 0 Å². The summed E-state index contributed by atoms with van der Waals surface area (Å²) in [6, 6.07) is 12.4. The van der Waals surface area contributed by atoms with Crippen molar-refractivity contribution in [1.82, 2.24) is 0 Å². The molecule has 0 aliphatic carbocycles. The van der Waals surface area contributed by atoms with Crippen molar-refractivity contribution in [1.29, 1.82) is 5.26 Å². The maximum Gasteiger partial charge on any atom is 0.339 e. The van der Waals surface area contributed by atoms with Crippen LogP contribution in [0.5, 0.6) is 11.5 Å². The third-order valence-electron chi connectivity index (χ3n) is 3.32. The van der Waals surface area contributed by atoms with Crippen LogP contribution < -0.4 is 9.47 Å². The number of nitriles is 1. The Hall–Kier alpha value is -3.00. The topological polar surface area (TPSA) is 79.6 Å². The molecular formula is C17H15NO4. The van der Waals surface area contributed by atoms with E-state index < -0.39 is 5.97 Å². The molecule has 112 valence electrons.